The van der Waals surface area contributed by atoms with Crippen molar-refractivity contribution in [3.05, 3.63) is 0 Å². The van der Waals surface area contributed by atoms with Gasteiger partial charge in [0.05, 0.1) is 5.71 Å². The van der Waals surface area contributed by atoms with Crippen LogP contribution < -0.4 is 5.32 Å². The van der Waals surface area contributed by atoms with Gasteiger partial charge in [-0.15, -0.1) is 5.10 Å². The molecule has 0 saturated carbocycles. The SMILES string of the molecule is CC1=NN=C2N=C(C(F)(F)F)NC(=O)C12. The number of alkyl halides is 3. The molecule has 0 aromatic heterocycles. The van der Waals surface area contributed by atoms with Crippen LogP contribution in [0.1, 0.15) is 6.92 Å². The molecule has 0 aliphatic carbocycles. The Kier molecular flexibility index (Phi) is 1.88. The highest BCUT2D eigenvalue weighted by molar-refractivity contribution is 6.30. The molecule has 2 rings (SSSR count). The third-order valence-electron chi connectivity index (χ3n) is 1.98. The Balaban J connectivity index is 2.38. The van der Waals surface area contributed by atoms with Crippen molar-refractivity contribution < 1.29 is 18.0 Å². The first-order valence-electron chi connectivity index (χ1n) is 3.98. The summed E-state index contributed by atoms with van der Waals surface area (Å²) < 4.78 is 36.7. The Morgan fingerprint density at radius 2 is 2.00 bits per heavy atom. The molecule has 8 heteroatoms. The highest BCUT2D eigenvalue weighted by atomic mass is 19.4. The number of hydrogen-bond donors (Lipinski definition) is 1. The molecule has 0 radical (unpaired) electrons. The summed E-state index contributed by atoms with van der Waals surface area (Å²) in [6.45, 7) is 1.51. The predicted octanol–water partition coefficient (Wildman–Crippen LogP) is 0.481. The molecule has 2 heterocycles. The van der Waals surface area contributed by atoms with Crippen LogP contribution in [0.4, 0.5) is 13.2 Å². The Bertz CT molecular complexity index is 420. The fourth-order valence-electron chi connectivity index (χ4n) is 1.29. The molecular weight excluding hydrogens is 213 g/mol. The summed E-state index contributed by atoms with van der Waals surface area (Å²) in [5.41, 5.74) is 0.340. The molecule has 15 heavy (non-hydrogen) atoms. The standard InChI is InChI=1S/C7H5F3N4O/c1-2-3-4(14-13-2)11-6(7(8,9)10)12-5(3)15/h3H,1H3,(H,11,12,14,15). The summed E-state index contributed by atoms with van der Waals surface area (Å²) >= 11 is 0. The minimum absolute atomic E-state index is 0.205. The molecule has 1 N–H and O–H groups in total. The number of halogens is 3. The van der Waals surface area contributed by atoms with Crippen molar-refractivity contribution in [2.75, 3.05) is 0 Å². The number of nitrogens with one attached hydrogen (secondary N) is 1. The van der Waals surface area contributed by atoms with Crippen LogP contribution in [0.2, 0.25) is 0 Å². The van der Waals surface area contributed by atoms with Crippen molar-refractivity contribution >= 4 is 23.3 Å². The fraction of sp³-hybridized carbons (Fsp3) is 0.429. The maximum Gasteiger partial charge on any atom is 0.449 e. The van der Waals surface area contributed by atoms with E-state index in [4.69, 9.17) is 0 Å². The first-order chi connectivity index (χ1) is 6.89. The highest BCUT2D eigenvalue weighted by Gasteiger charge is 2.45. The minimum atomic E-state index is -4.68. The molecule has 1 unspecified atom stereocenters. The summed E-state index contributed by atoms with van der Waals surface area (Å²) in [6, 6.07) is 0. The van der Waals surface area contributed by atoms with Gasteiger partial charge in [-0.05, 0) is 6.92 Å². The van der Waals surface area contributed by atoms with E-state index >= 15 is 0 Å². The van der Waals surface area contributed by atoms with Gasteiger partial charge in [-0.2, -0.15) is 18.3 Å². The third kappa shape index (κ3) is 1.51. The van der Waals surface area contributed by atoms with Gasteiger partial charge in [0, 0.05) is 0 Å². The van der Waals surface area contributed by atoms with Gasteiger partial charge >= 0.3 is 6.18 Å². The number of amidine groups is 2. The van der Waals surface area contributed by atoms with Crippen molar-refractivity contribution in [1.29, 1.82) is 0 Å². The number of carbonyl (C=O) groups is 1. The van der Waals surface area contributed by atoms with Gasteiger partial charge in [-0.25, -0.2) is 4.99 Å². The average molecular weight is 218 g/mol. The molecule has 0 fully saturated rings. The molecule has 1 amide bonds. The van der Waals surface area contributed by atoms with E-state index in [0.717, 1.165) is 0 Å². The van der Waals surface area contributed by atoms with Crippen LogP contribution in [0.15, 0.2) is 15.2 Å². The lowest BCUT2D eigenvalue weighted by atomic mass is 10.0. The molecule has 0 bridgehead atoms. The Morgan fingerprint density at radius 1 is 1.33 bits per heavy atom. The summed E-state index contributed by atoms with van der Waals surface area (Å²) in [6.07, 6.45) is -4.68. The molecule has 1 atom stereocenters. The van der Waals surface area contributed by atoms with Crippen LogP contribution in [0.25, 0.3) is 0 Å². The minimum Gasteiger partial charge on any atom is -0.306 e. The quantitative estimate of drug-likeness (QED) is 0.631. The largest absolute Gasteiger partial charge is 0.449 e. The second kappa shape index (κ2) is 2.88. The first-order valence-corrected chi connectivity index (χ1v) is 3.98. The van der Waals surface area contributed by atoms with Crippen LogP contribution in [0.3, 0.4) is 0 Å². The van der Waals surface area contributed by atoms with E-state index in [9.17, 15) is 18.0 Å². The summed E-state index contributed by atoms with van der Waals surface area (Å²) in [7, 11) is 0. The molecule has 0 saturated heterocycles. The average Bonchev–Trinajstić information content (AvgIpc) is 2.46. The molecule has 2 aliphatic rings. The molecular formula is C7H5F3N4O. The Morgan fingerprint density at radius 3 is 2.60 bits per heavy atom. The monoisotopic (exact) mass is 218 g/mol. The molecule has 0 spiro atoms. The van der Waals surface area contributed by atoms with Crippen molar-refractivity contribution in [3.8, 4) is 0 Å². The molecule has 0 aromatic rings. The smallest absolute Gasteiger partial charge is 0.306 e. The maximum absolute atomic E-state index is 12.2. The Hall–Kier alpha value is -1.73. The van der Waals surface area contributed by atoms with E-state index in [1.54, 1.807) is 5.32 Å². The lowest BCUT2D eigenvalue weighted by molar-refractivity contribution is -0.121. The lowest BCUT2D eigenvalue weighted by Gasteiger charge is -2.20. The zero-order chi connectivity index (χ0) is 11.2. The molecule has 0 aromatic carbocycles. The van der Waals surface area contributed by atoms with Gasteiger partial charge in [-0.1, -0.05) is 0 Å². The fourth-order valence-corrected chi connectivity index (χ4v) is 1.29. The molecule has 80 valence electrons. The zero-order valence-corrected chi connectivity index (χ0v) is 7.46. The Labute approximate surface area is 81.8 Å². The predicted molar refractivity (Wildman–Crippen MR) is 45.7 cm³/mol. The number of nitrogens with zero attached hydrogens (tertiary/aromatic N) is 3. The number of hydrogen-bond acceptors (Lipinski definition) is 4. The van der Waals surface area contributed by atoms with Gasteiger partial charge in [0.15, 0.2) is 5.84 Å². The van der Waals surface area contributed by atoms with Crippen molar-refractivity contribution in [2.24, 2.45) is 21.1 Å². The first kappa shape index (κ1) is 9.81. The number of aliphatic imine (C=N–C) groups is 1. The number of rotatable bonds is 0. The van der Waals surface area contributed by atoms with Crippen LogP contribution in [-0.4, -0.2) is 29.5 Å². The van der Waals surface area contributed by atoms with Crippen LogP contribution in [-0.2, 0) is 4.79 Å². The van der Waals surface area contributed by atoms with Crippen LogP contribution in [0.5, 0.6) is 0 Å². The van der Waals surface area contributed by atoms with Gasteiger partial charge < -0.3 is 5.32 Å². The van der Waals surface area contributed by atoms with Crippen LogP contribution in [0, 0.1) is 5.92 Å². The van der Waals surface area contributed by atoms with Gasteiger partial charge in [0.25, 0.3) is 0 Å². The summed E-state index contributed by atoms with van der Waals surface area (Å²) in [4.78, 5) is 14.5. The maximum atomic E-state index is 12.2. The van der Waals surface area contributed by atoms with E-state index in [0.29, 0.717) is 5.71 Å². The molecule has 2 aliphatic heterocycles. The van der Waals surface area contributed by atoms with E-state index in [1.807, 2.05) is 0 Å². The summed E-state index contributed by atoms with van der Waals surface area (Å²) in [5, 5.41) is 8.61. The molecule has 5 nitrogen and oxygen atoms in total. The van der Waals surface area contributed by atoms with Crippen molar-refractivity contribution in [3.63, 3.8) is 0 Å². The lowest BCUT2D eigenvalue weighted by Crippen LogP contribution is -2.50. The normalized spacial score (nSPS) is 25.2. The van der Waals surface area contributed by atoms with E-state index < -0.39 is 23.8 Å². The number of carbonyl (C=O) groups excluding carboxylic acids is 1. The second-order valence-corrected chi connectivity index (χ2v) is 3.08. The van der Waals surface area contributed by atoms with Crippen molar-refractivity contribution in [1.82, 2.24) is 5.32 Å². The van der Waals surface area contributed by atoms with Gasteiger partial charge in [0.1, 0.15) is 5.92 Å². The third-order valence-corrected chi connectivity index (χ3v) is 1.98. The number of amides is 1. The van der Waals surface area contributed by atoms with Crippen molar-refractivity contribution in [2.45, 2.75) is 13.1 Å². The summed E-state index contributed by atoms with van der Waals surface area (Å²) in [5.74, 6) is -3.22. The van der Waals surface area contributed by atoms with E-state index in [2.05, 4.69) is 15.2 Å². The van der Waals surface area contributed by atoms with E-state index in [-0.39, 0.29) is 5.84 Å². The second-order valence-electron chi connectivity index (χ2n) is 3.08. The van der Waals surface area contributed by atoms with Gasteiger partial charge in [-0.3, -0.25) is 4.79 Å². The zero-order valence-electron chi connectivity index (χ0n) is 7.46. The van der Waals surface area contributed by atoms with E-state index in [1.165, 1.54) is 6.92 Å². The van der Waals surface area contributed by atoms with Crippen LogP contribution >= 0.6 is 0 Å². The number of fused-ring (bicyclic) bond motifs is 1. The topological polar surface area (TPSA) is 66.2 Å². The van der Waals surface area contributed by atoms with Gasteiger partial charge in [0.2, 0.25) is 11.7 Å². The highest BCUT2D eigenvalue weighted by Crippen LogP contribution is 2.22.